The first kappa shape index (κ1) is 21.6. The molecule has 4 aromatic rings. The summed E-state index contributed by atoms with van der Waals surface area (Å²) >= 11 is 6.30. The molecule has 1 saturated heterocycles. The summed E-state index contributed by atoms with van der Waals surface area (Å²) in [6.07, 6.45) is 0.872. The molecule has 0 saturated carbocycles. The Labute approximate surface area is 198 Å². The van der Waals surface area contributed by atoms with Crippen molar-refractivity contribution in [3.63, 3.8) is 0 Å². The molecule has 170 valence electrons. The summed E-state index contributed by atoms with van der Waals surface area (Å²) in [7, 11) is 0. The molecular weight excluding hydrogens is 436 g/mol. The number of carbonyl (C=O) groups excluding carboxylic acids is 1. The first-order chi connectivity index (χ1) is 15.9. The Morgan fingerprint density at radius 1 is 1.03 bits per heavy atom. The zero-order chi connectivity index (χ0) is 23.1. The second kappa shape index (κ2) is 8.63. The predicted octanol–water partition coefficient (Wildman–Crippen LogP) is 4.60. The maximum absolute atomic E-state index is 12.6. The molecule has 0 spiro atoms. The van der Waals surface area contributed by atoms with Crippen LogP contribution in [0.5, 0.6) is 0 Å². The van der Waals surface area contributed by atoms with Gasteiger partial charge in [-0.25, -0.2) is 9.38 Å². The number of anilines is 1. The molecule has 8 heteroatoms. The highest BCUT2D eigenvalue weighted by Crippen LogP contribution is 2.31. The number of fused-ring (bicyclic) bond motifs is 3. The molecule has 7 nitrogen and oxygen atoms in total. The topological polar surface area (TPSA) is 66.6 Å². The van der Waals surface area contributed by atoms with Gasteiger partial charge in [0, 0.05) is 48.1 Å². The second-order valence-corrected chi connectivity index (χ2v) is 9.33. The summed E-state index contributed by atoms with van der Waals surface area (Å²) in [5, 5.41) is 10.7. The quantitative estimate of drug-likeness (QED) is 0.445. The Hall–Kier alpha value is -3.19. The van der Waals surface area contributed by atoms with Crippen molar-refractivity contribution in [3.8, 4) is 11.4 Å². The Bertz CT molecular complexity index is 1350. The van der Waals surface area contributed by atoms with Crippen molar-refractivity contribution in [1.29, 1.82) is 0 Å². The largest absolute Gasteiger partial charge is 0.341 e. The third-order valence-corrected chi connectivity index (χ3v) is 6.49. The lowest BCUT2D eigenvalue weighted by molar-refractivity contribution is -0.134. The molecule has 1 fully saturated rings. The Morgan fingerprint density at radius 3 is 2.64 bits per heavy atom. The standard InChI is InChI=1S/C25H27ClN6O/c1-16(2)24(33)30-11-6-12-31(14-13-30)25-27-21-15-18(26)9-10-20(21)23-29-28-22(32(23)25)19-8-5-4-7-17(19)3/h4-5,7-10,15-16H,6,11-14H2,1-3H3. The van der Waals surface area contributed by atoms with Gasteiger partial charge in [0.05, 0.1) is 5.52 Å². The van der Waals surface area contributed by atoms with Crippen molar-refractivity contribution in [3.05, 3.63) is 53.1 Å². The maximum atomic E-state index is 12.6. The highest BCUT2D eigenvalue weighted by atomic mass is 35.5. The molecule has 2 aromatic heterocycles. The van der Waals surface area contributed by atoms with Crippen LogP contribution in [0, 0.1) is 12.8 Å². The van der Waals surface area contributed by atoms with E-state index in [9.17, 15) is 4.79 Å². The molecule has 0 bridgehead atoms. The van der Waals surface area contributed by atoms with E-state index >= 15 is 0 Å². The van der Waals surface area contributed by atoms with Crippen LogP contribution in [0.4, 0.5) is 5.95 Å². The highest BCUT2D eigenvalue weighted by molar-refractivity contribution is 6.31. The molecule has 0 aliphatic carbocycles. The van der Waals surface area contributed by atoms with Gasteiger partial charge < -0.3 is 9.80 Å². The predicted molar refractivity (Wildman–Crippen MR) is 132 cm³/mol. The molecule has 1 aliphatic heterocycles. The Morgan fingerprint density at radius 2 is 1.85 bits per heavy atom. The zero-order valence-electron chi connectivity index (χ0n) is 19.1. The van der Waals surface area contributed by atoms with E-state index in [4.69, 9.17) is 16.6 Å². The van der Waals surface area contributed by atoms with E-state index in [0.29, 0.717) is 18.1 Å². The summed E-state index contributed by atoms with van der Waals surface area (Å²) < 4.78 is 2.05. The van der Waals surface area contributed by atoms with Gasteiger partial charge >= 0.3 is 0 Å². The average molecular weight is 463 g/mol. The molecule has 1 aliphatic rings. The van der Waals surface area contributed by atoms with E-state index in [2.05, 4.69) is 38.6 Å². The van der Waals surface area contributed by atoms with Crippen molar-refractivity contribution in [2.24, 2.45) is 5.92 Å². The smallest absolute Gasteiger partial charge is 0.225 e. The summed E-state index contributed by atoms with van der Waals surface area (Å²) in [6, 6.07) is 13.8. The second-order valence-electron chi connectivity index (χ2n) is 8.89. The van der Waals surface area contributed by atoms with Crippen molar-refractivity contribution >= 4 is 40.0 Å². The number of rotatable bonds is 3. The number of aromatic nitrogens is 4. The number of hydrogen-bond donors (Lipinski definition) is 0. The van der Waals surface area contributed by atoms with Crippen LogP contribution < -0.4 is 4.90 Å². The van der Waals surface area contributed by atoms with Gasteiger partial charge in [-0.2, -0.15) is 0 Å². The minimum absolute atomic E-state index is 0.00491. The van der Waals surface area contributed by atoms with Gasteiger partial charge in [-0.1, -0.05) is 49.7 Å². The van der Waals surface area contributed by atoms with Gasteiger partial charge in [0.1, 0.15) is 0 Å². The monoisotopic (exact) mass is 462 g/mol. The van der Waals surface area contributed by atoms with Crippen molar-refractivity contribution in [1.82, 2.24) is 24.5 Å². The minimum atomic E-state index is -0.00491. The minimum Gasteiger partial charge on any atom is -0.341 e. The van der Waals surface area contributed by atoms with Gasteiger partial charge in [0.15, 0.2) is 11.5 Å². The van der Waals surface area contributed by atoms with E-state index in [1.807, 2.05) is 49.1 Å². The normalized spacial score (nSPS) is 14.9. The molecule has 0 radical (unpaired) electrons. The van der Waals surface area contributed by atoms with Gasteiger partial charge in [-0.3, -0.25) is 4.79 Å². The van der Waals surface area contributed by atoms with Gasteiger partial charge in [0.25, 0.3) is 0 Å². The molecular formula is C25H27ClN6O. The van der Waals surface area contributed by atoms with Crippen molar-refractivity contribution in [2.75, 3.05) is 31.1 Å². The maximum Gasteiger partial charge on any atom is 0.225 e. The fourth-order valence-electron chi connectivity index (χ4n) is 4.51. The molecule has 33 heavy (non-hydrogen) atoms. The van der Waals surface area contributed by atoms with E-state index in [-0.39, 0.29) is 11.8 Å². The Balaban J connectivity index is 1.67. The van der Waals surface area contributed by atoms with Gasteiger partial charge in [0.2, 0.25) is 11.9 Å². The first-order valence-electron chi connectivity index (χ1n) is 11.4. The molecule has 0 N–H and O–H groups in total. The number of benzene rings is 2. The molecule has 3 heterocycles. The fourth-order valence-corrected chi connectivity index (χ4v) is 4.67. The third kappa shape index (κ3) is 3.91. The van der Waals surface area contributed by atoms with E-state index in [0.717, 1.165) is 59.0 Å². The molecule has 0 unspecified atom stereocenters. The van der Waals surface area contributed by atoms with Crippen LogP contribution in [0.25, 0.3) is 27.9 Å². The van der Waals surface area contributed by atoms with Crippen LogP contribution >= 0.6 is 11.6 Å². The van der Waals surface area contributed by atoms with Crippen LogP contribution in [0.1, 0.15) is 25.8 Å². The molecule has 0 atom stereocenters. The summed E-state index contributed by atoms with van der Waals surface area (Å²) in [5.41, 5.74) is 3.68. The number of nitrogens with zero attached hydrogens (tertiary/aromatic N) is 6. The first-order valence-corrected chi connectivity index (χ1v) is 11.8. The van der Waals surface area contributed by atoms with E-state index in [1.54, 1.807) is 0 Å². The Kier molecular flexibility index (Phi) is 5.66. The lowest BCUT2D eigenvalue weighted by Crippen LogP contribution is -2.38. The molecule has 5 rings (SSSR count). The average Bonchev–Trinajstić information content (AvgIpc) is 3.09. The van der Waals surface area contributed by atoms with Crippen LogP contribution in [-0.4, -0.2) is 56.6 Å². The fraction of sp³-hybridized carbons (Fsp3) is 0.360. The summed E-state index contributed by atoms with van der Waals surface area (Å²) in [6.45, 7) is 8.88. The number of aryl methyl sites for hydroxylation is 1. The van der Waals surface area contributed by atoms with E-state index in [1.165, 1.54) is 0 Å². The van der Waals surface area contributed by atoms with Crippen LogP contribution in [-0.2, 0) is 4.79 Å². The number of hydrogen-bond acceptors (Lipinski definition) is 5. The van der Waals surface area contributed by atoms with Crippen LogP contribution in [0.3, 0.4) is 0 Å². The lowest BCUT2D eigenvalue weighted by Gasteiger charge is -2.25. The highest BCUT2D eigenvalue weighted by Gasteiger charge is 2.25. The lowest BCUT2D eigenvalue weighted by atomic mass is 10.1. The van der Waals surface area contributed by atoms with Crippen LogP contribution in [0.2, 0.25) is 5.02 Å². The van der Waals surface area contributed by atoms with Crippen molar-refractivity contribution in [2.45, 2.75) is 27.2 Å². The summed E-state index contributed by atoms with van der Waals surface area (Å²) in [5.74, 6) is 1.74. The van der Waals surface area contributed by atoms with E-state index < -0.39 is 0 Å². The number of amides is 1. The van der Waals surface area contributed by atoms with Crippen molar-refractivity contribution < 1.29 is 4.79 Å². The van der Waals surface area contributed by atoms with Gasteiger partial charge in [-0.05, 0) is 37.1 Å². The van der Waals surface area contributed by atoms with Crippen LogP contribution in [0.15, 0.2) is 42.5 Å². The number of carbonyl (C=O) groups is 1. The SMILES string of the molecule is Cc1ccccc1-c1nnc2c3ccc(Cl)cc3nc(N3CCCN(C(=O)C(C)C)CC3)n12. The third-order valence-electron chi connectivity index (χ3n) is 6.25. The molecule has 2 aromatic carbocycles. The zero-order valence-corrected chi connectivity index (χ0v) is 19.9. The number of halogens is 1. The van der Waals surface area contributed by atoms with Gasteiger partial charge in [-0.15, -0.1) is 10.2 Å². The molecule has 1 amide bonds. The summed E-state index contributed by atoms with van der Waals surface area (Å²) in [4.78, 5) is 21.9.